The molecule has 2 rings (SSSR count). The summed E-state index contributed by atoms with van der Waals surface area (Å²) in [7, 11) is 0. The van der Waals surface area contributed by atoms with Gasteiger partial charge in [-0.05, 0) is 18.2 Å². The number of carbonyl (C=O) groups excluding carboxylic acids is 1. The van der Waals surface area contributed by atoms with Gasteiger partial charge in [0.05, 0.1) is 0 Å². The van der Waals surface area contributed by atoms with E-state index >= 15 is 0 Å². The van der Waals surface area contributed by atoms with Crippen LogP contribution < -0.4 is 22.7 Å². The molecule has 1 amide bonds. The minimum Gasteiger partial charge on any atom is -1.00 e. The Balaban J connectivity index is 0.00000242. The van der Waals surface area contributed by atoms with Crippen LogP contribution in [0.5, 0.6) is 0 Å². The van der Waals surface area contributed by atoms with Crippen LogP contribution in [0.3, 0.4) is 0 Å². The van der Waals surface area contributed by atoms with Crippen LogP contribution >= 0.6 is 0 Å². The Labute approximate surface area is 127 Å². The Hall–Kier alpha value is -2.22. The Morgan fingerprint density at radius 3 is 2.32 bits per heavy atom. The van der Waals surface area contributed by atoms with Gasteiger partial charge >= 0.3 is 6.05 Å². The van der Waals surface area contributed by atoms with Crippen molar-refractivity contribution in [2.75, 3.05) is 0 Å². The molecule has 1 aromatic carbocycles. The predicted octanol–water partition coefficient (Wildman–Crippen LogP) is -0.908. The van der Waals surface area contributed by atoms with Crippen molar-refractivity contribution in [3.05, 3.63) is 65.2 Å². The predicted molar refractivity (Wildman–Crippen MR) is 60.8 cm³/mol. The summed E-state index contributed by atoms with van der Waals surface area (Å²) in [5, 5.41) is 0. The number of primary amides is 1. The number of halogens is 6. The lowest BCUT2D eigenvalue weighted by atomic mass is 10.1. The van der Waals surface area contributed by atoms with Gasteiger partial charge in [-0.25, -0.2) is 13.2 Å². The molecular formula is C13H8ClF5N2O. The molecule has 1 heterocycles. The molecule has 22 heavy (non-hydrogen) atoms. The highest BCUT2D eigenvalue weighted by molar-refractivity contribution is 5.92. The Kier molecular flexibility index (Phi) is 5.08. The smallest absolute Gasteiger partial charge is 0.492 e. The van der Waals surface area contributed by atoms with Crippen molar-refractivity contribution >= 4 is 5.91 Å². The molecule has 3 nitrogen and oxygen atoms in total. The lowest BCUT2D eigenvalue weighted by Gasteiger charge is -2.12. The average molecular weight is 339 g/mol. The number of alkyl halides is 2. The first-order chi connectivity index (χ1) is 9.75. The van der Waals surface area contributed by atoms with Crippen LogP contribution in [0.15, 0.2) is 36.7 Å². The van der Waals surface area contributed by atoms with Gasteiger partial charge in [-0.3, -0.25) is 4.79 Å². The van der Waals surface area contributed by atoms with E-state index in [1.165, 1.54) is 6.07 Å². The van der Waals surface area contributed by atoms with Crippen LogP contribution in [0.4, 0.5) is 22.0 Å². The van der Waals surface area contributed by atoms with Crippen LogP contribution in [-0.4, -0.2) is 5.91 Å². The third-order valence-corrected chi connectivity index (χ3v) is 2.77. The summed E-state index contributed by atoms with van der Waals surface area (Å²) in [5.41, 5.74) is 3.34. The van der Waals surface area contributed by atoms with Gasteiger partial charge in [0.15, 0.2) is 29.8 Å². The molecule has 0 aliphatic rings. The second-order valence-corrected chi connectivity index (χ2v) is 4.13. The van der Waals surface area contributed by atoms with Crippen molar-refractivity contribution < 1.29 is 43.7 Å². The number of aromatic nitrogens is 1. The highest BCUT2D eigenvalue weighted by atomic mass is 35.5. The monoisotopic (exact) mass is 338 g/mol. The van der Waals surface area contributed by atoms with Crippen molar-refractivity contribution in [3.8, 4) is 0 Å². The summed E-state index contributed by atoms with van der Waals surface area (Å²) in [4.78, 5) is 11.0. The number of nitrogens with zero attached hydrogens (tertiary/aromatic N) is 1. The molecule has 118 valence electrons. The largest absolute Gasteiger partial charge is 1.00 e. The van der Waals surface area contributed by atoms with Gasteiger partial charge in [0, 0.05) is 6.07 Å². The molecule has 0 radical (unpaired) electrons. The highest BCUT2D eigenvalue weighted by Crippen LogP contribution is 2.28. The molecule has 0 atom stereocenters. The zero-order valence-electron chi connectivity index (χ0n) is 10.7. The Bertz CT molecular complexity index is 724. The van der Waals surface area contributed by atoms with E-state index in [1.807, 2.05) is 0 Å². The number of hydrogen-bond donors (Lipinski definition) is 1. The van der Waals surface area contributed by atoms with Crippen molar-refractivity contribution in [1.82, 2.24) is 0 Å². The molecule has 0 bridgehead atoms. The van der Waals surface area contributed by atoms with E-state index in [4.69, 9.17) is 5.73 Å². The van der Waals surface area contributed by atoms with E-state index in [9.17, 15) is 26.7 Å². The minimum atomic E-state index is -4.04. The van der Waals surface area contributed by atoms with E-state index in [1.54, 1.807) is 0 Å². The molecule has 1 aromatic heterocycles. The number of rotatable bonds is 3. The van der Waals surface area contributed by atoms with E-state index in [0.717, 1.165) is 12.3 Å². The molecule has 0 aliphatic heterocycles. The van der Waals surface area contributed by atoms with E-state index < -0.39 is 35.0 Å². The molecule has 0 spiro atoms. The van der Waals surface area contributed by atoms with E-state index in [-0.39, 0.29) is 22.5 Å². The molecule has 0 aliphatic carbocycles. The number of hydrogen-bond acceptors (Lipinski definition) is 1. The summed E-state index contributed by atoms with van der Waals surface area (Å²) in [6, 6.07) is -0.954. The molecule has 0 saturated carbocycles. The average Bonchev–Trinajstić information content (AvgIpc) is 2.44. The number of carbonyl (C=O) groups is 1. The summed E-state index contributed by atoms with van der Waals surface area (Å²) >= 11 is 0. The van der Waals surface area contributed by atoms with Gasteiger partial charge in [0.2, 0.25) is 0 Å². The maximum absolute atomic E-state index is 14.2. The number of pyridine rings is 1. The molecule has 2 N–H and O–H groups in total. The van der Waals surface area contributed by atoms with E-state index in [2.05, 4.69) is 0 Å². The van der Waals surface area contributed by atoms with Crippen molar-refractivity contribution in [3.63, 3.8) is 0 Å². The first kappa shape index (κ1) is 17.8. The lowest BCUT2D eigenvalue weighted by molar-refractivity contribution is -0.811. The normalized spacial score (nSPS) is 11.0. The minimum absolute atomic E-state index is 0. The number of amides is 1. The van der Waals surface area contributed by atoms with Gasteiger partial charge in [0.25, 0.3) is 5.91 Å². The molecule has 0 unspecified atom stereocenters. The van der Waals surface area contributed by atoms with Gasteiger partial charge in [0.1, 0.15) is 11.1 Å². The fourth-order valence-electron chi connectivity index (χ4n) is 1.69. The van der Waals surface area contributed by atoms with Gasteiger partial charge < -0.3 is 18.1 Å². The number of nitrogens with two attached hydrogens (primary N) is 1. The first-order valence-electron chi connectivity index (χ1n) is 5.58. The SMILES string of the molecule is NC(=O)c1ccc[n+](C(F)(F)c2ccc(F)c(F)c2F)c1.[Cl-]. The molecule has 0 saturated heterocycles. The van der Waals surface area contributed by atoms with Crippen LogP contribution in [0.25, 0.3) is 0 Å². The Morgan fingerprint density at radius 2 is 1.73 bits per heavy atom. The standard InChI is InChI=1S/C13H7F5N2O.ClH/c14-9-4-3-8(10(15)11(9)16)13(17,18)20-5-1-2-7(6-20)12(19)21;/h1-6H,(H-,19,21);1H. The van der Waals surface area contributed by atoms with E-state index in [0.29, 0.717) is 18.3 Å². The van der Waals surface area contributed by atoms with Crippen molar-refractivity contribution in [1.29, 1.82) is 0 Å². The topological polar surface area (TPSA) is 47.0 Å². The van der Waals surface area contributed by atoms with Gasteiger partial charge in [-0.1, -0.05) is 0 Å². The molecule has 2 aromatic rings. The molecule has 9 heteroatoms. The molecule has 0 fully saturated rings. The summed E-state index contributed by atoms with van der Waals surface area (Å²) < 4.78 is 67.9. The lowest BCUT2D eigenvalue weighted by Crippen LogP contribution is -3.00. The van der Waals surface area contributed by atoms with Crippen LogP contribution in [0.1, 0.15) is 15.9 Å². The van der Waals surface area contributed by atoms with Crippen molar-refractivity contribution in [2.45, 2.75) is 6.05 Å². The van der Waals surface area contributed by atoms with Gasteiger partial charge in [-0.15, -0.1) is 13.3 Å². The quantitative estimate of drug-likeness (QED) is 0.440. The summed E-state index contributed by atoms with van der Waals surface area (Å²) in [5.74, 6) is -6.55. The molecular weight excluding hydrogens is 331 g/mol. The second kappa shape index (κ2) is 6.27. The third-order valence-electron chi connectivity index (χ3n) is 2.77. The second-order valence-electron chi connectivity index (χ2n) is 4.13. The maximum Gasteiger partial charge on any atom is 0.492 e. The fourth-order valence-corrected chi connectivity index (χ4v) is 1.69. The zero-order chi connectivity index (χ0) is 15.8. The fraction of sp³-hybridized carbons (Fsp3) is 0.0769. The van der Waals surface area contributed by atoms with Crippen molar-refractivity contribution in [2.24, 2.45) is 5.73 Å². The maximum atomic E-state index is 14.2. The summed E-state index contributed by atoms with van der Waals surface area (Å²) in [6.07, 6.45) is 1.52. The zero-order valence-corrected chi connectivity index (χ0v) is 11.4. The summed E-state index contributed by atoms with van der Waals surface area (Å²) in [6.45, 7) is 0. The van der Waals surface area contributed by atoms with Crippen LogP contribution in [-0.2, 0) is 6.05 Å². The third kappa shape index (κ3) is 3.01. The van der Waals surface area contributed by atoms with Crippen LogP contribution in [0.2, 0.25) is 0 Å². The first-order valence-corrected chi connectivity index (χ1v) is 5.58. The number of benzene rings is 1. The Morgan fingerprint density at radius 1 is 1.09 bits per heavy atom. The van der Waals surface area contributed by atoms with Gasteiger partial charge in [-0.2, -0.15) is 0 Å². The van der Waals surface area contributed by atoms with Crippen LogP contribution in [0, 0.1) is 17.5 Å². The highest BCUT2D eigenvalue weighted by Gasteiger charge is 2.47.